The molecule has 0 radical (unpaired) electrons. The molecule has 0 aromatic heterocycles. The van der Waals surface area contributed by atoms with Gasteiger partial charge in [0.2, 0.25) is 0 Å². The van der Waals surface area contributed by atoms with Crippen molar-refractivity contribution in [2.45, 2.75) is 44.6 Å². The fourth-order valence-electron chi connectivity index (χ4n) is 2.16. The molecule has 1 aromatic rings. The van der Waals surface area contributed by atoms with Crippen LogP contribution in [0.1, 0.15) is 37.7 Å². The minimum Gasteiger partial charge on any atom is -0.317 e. The number of allylic oxidation sites excluding steroid dienone is 1. The van der Waals surface area contributed by atoms with E-state index in [1.807, 2.05) is 25.3 Å². The molecule has 0 fully saturated rings. The number of rotatable bonds is 9. The van der Waals surface area contributed by atoms with E-state index in [0.717, 1.165) is 12.8 Å². The average Bonchev–Trinajstić information content (AvgIpc) is 2.41. The van der Waals surface area contributed by atoms with Gasteiger partial charge < -0.3 is 5.32 Å². The van der Waals surface area contributed by atoms with E-state index in [1.54, 1.807) is 0 Å². The smallest absolute Gasteiger partial charge is 0.0595 e. The third-order valence-electron chi connectivity index (χ3n) is 3.34. The molecule has 3 heteroatoms. The molecule has 1 unspecified atom stereocenters. The summed E-state index contributed by atoms with van der Waals surface area (Å²) < 4.78 is 0. The molecule has 0 aliphatic rings. The third kappa shape index (κ3) is 6.47. The molecule has 1 aromatic carbocycles. The molecule has 1 N–H and O–H groups in total. The van der Waals surface area contributed by atoms with Crippen molar-refractivity contribution in [3.05, 3.63) is 46.5 Å². The first-order valence-corrected chi connectivity index (χ1v) is 7.65. The molecule has 0 bridgehead atoms. The van der Waals surface area contributed by atoms with E-state index in [2.05, 4.69) is 18.0 Å². The standard InChI is InChI=1S/C16H23Cl2N/c1-3-4-5-6-7-8-14(19-2)11-13-9-10-15(17)16(18)12-13/h3,9-10,12,14,19H,1,4-8,11H2,2H3. The summed E-state index contributed by atoms with van der Waals surface area (Å²) in [5.41, 5.74) is 1.24. The van der Waals surface area contributed by atoms with Gasteiger partial charge in [-0.2, -0.15) is 0 Å². The minimum absolute atomic E-state index is 0.501. The van der Waals surface area contributed by atoms with Gasteiger partial charge in [-0.3, -0.25) is 0 Å². The van der Waals surface area contributed by atoms with Crippen LogP contribution in [0, 0.1) is 0 Å². The molecular weight excluding hydrogens is 277 g/mol. The second kappa shape index (κ2) is 9.41. The fraction of sp³-hybridized carbons (Fsp3) is 0.500. The highest BCUT2D eigenvalue weighted by atomic mass is 35.5. The zero-order valence-electron chi connectivity index (χ0n) is 11.6. The van der Waals surface area contributed by atoms with Gasteiger partial charge in [-0.05, 0) is 50.4 Å². The second-order valence-electron chi connectivity index (χ2n) is 4.86. The Labute approximate surface area is 127 Å². The topological polar surface area (TPSA) is 12.0 Å². The summed E-state index contributed by atoms with van der Waals surface area (Å²) in [6, 6.07) is 6.39. The number of unbranched alkanes of at least 4 members (excludes halogenated alkanes) is 3. The van der Waals surface area contributed by atoms with Gasteiger partial charge in [0, 0.05) is 6.04 Å². The highest BCUT2D eigenvalue weighted by Crippen LogP contribution is 2.23. The summed E-state index contributed by atoms with van der Waals surface area (Å²) in [5.74, 6) is 0. The summed E-state index contributed by atoms with van der Waals surface area (Å²) in [6.07, 6.45) is 9.06. The van der Waals surface area contributed by atoms with E-state index in [9.17, 15) is 0 Å². The van der Waals surface area contributed by atoms with Gasteiger partial charge in [-0.1, -0.05) is 48.2 Å². The lowest BCUT2D eigenvalue weighted by atomic mass is 10.00. The number of likely N-dealkylation sites (N-methyl/N-ethyl adjacent to an activating group) is 1. The van der Waals surface area contributed by atoms with Gasteiger partial charge in [0.1, 0.15) is 0 Å². The van der Waals surface area contributed by atoms with Crippen LogP contribution in [-0.2, 0) is 6.42 Å². The summed E-state index contributed by atoms with van der Waals surface area (Å²) in [5, 5.41) is 4.64. The molecular formula is C16H23Cl2N. The summed E-state index contributed by atoms with van der Waals surface area (Å²) in [7, 11) is 2.02. The van der Waals surface area contributed by atoms with Crippen molar-refractivity contribution in [3.63, 3.8) is 0 Å². The van der Waals surface area contributed by atoms with E-state index < -0.39 is 0 Å². The maximum Gasteiger partial charge on any atom is 0.0595 e. The lowest BCUT2D eigenvalue weighted by molar-refractivity contribution is 0.487. The van der Waals surface area contributed by atoms with Crippen LogP contribution >= 0.6 is 23.2 Å². The maximum atomic E-state index is 6.04. The molecule has 106 valence electrons. The molecule has 1 rings (SSSR count). The zero-order chi connectivity index (χ0) is 14.1. The average molecular weight is 300 g/mol. The number of halogens is 2. The first-order chi connectivity index (χ1) is 9.17. The fourth-order valence-corrected chi connectivity index (χ4v) is 2.48. The van der Waals surface area contributed by atoms with E-state index in [-0.39, 0.29) is 0 Å². The SMILES string of the molecule is C=CCCCCCC(Cc1ccc(Cl)c(Cl)c1)NC. The van der Waals surface area contributed by atoms with Gasteiger partial charge in [0.15, 0.2) is 0 Å². The minimum atomic E-state index is 0.501. The van der Waals surface area contributed by atoms with Crippen LogP contribution in [0.2, 0.25) is 10.0 Å². The monoisotopic (exact) mass is 299 g/mol. The molecule has 19 heavy (non-hydrogen) atoms. The van der Waals surface area contributed by atoms with E-state index in [0.29, 0.717) is 16.1 Å². The van der Waals surface area contributed by atoms with Gasteiger partial charge in [0.05, 0.1) is 10.0 Å². The van der Waals surface area contributed by atoms with Crippen molar-refractivity contribution in [2.24, 2.45) is 0 Å². The molecule has 0 aliphatic carbocycles. The van der Waals surface area contributed by atoms with Crippen LogP contribution in [0.4, 0.5) is 0 Å². The number of benzene rings is 1. The maximum absolute atomic E-state index is 6.04. The number of hydrogen-bond acceptors (Lipinski definition) is 1. The molecule has 0 saturated carbocycles. The molecule has 0 spiro atoms. The van der Waals surface area contributed by atoms with Crippen molar-refractivity contribution >= 4 is 23.2 Å². The van der Waals surface area contributed by atoms with Crippen LogP contribution in [0.3, 0.4) is 0 Å². The molecule has 0 saturated heterocycles. The Balaban J connectivity index is 2.38. The number of nitrogens with one attached hydrogen (secondary N) is 1. The van der Waals surface area contributed by atoms with Gasteiger partial charge in [-0.15, -0.1) is 6.58 Å². The Morgan fingerprint density at radius 2 is 2.00 bits per heavy atom. The lowest BCUT2D eigenvalue weighted by Gasteiger charge is -2.16. The van der Waals surface area contributed by atoms with Crippen molar-refractivity contribution in [3.8, 4) is 0 Å². The summed E-state index contributed by atoms with van der Waals surface area (Å²) in [4.78, 5) is 0. The molecule has 1 nitrogen and oxygen atoms in total. The van der Waals surface area contributed by atoms with Crippen LogP contribution in [-0.4, -0.2) is 13.1 Å². The normalized spacial score (nSPS) is 12.4. The Morgan fingerprint density at radius 3 is 2.63 bits per heavy atom. The van der Waals surface area contributed by atoms with E-state index in [1.165, 1.54) is 31.2 Å². The van der Waals surface area contributed by atoms with Crippen molar-refractivity contribution in [2.75, 3.05) is 7.05 Å². The Bertz CT molecular complexity index is 390. The largest absolute Gasteiger partial charge is 0.317 e. The molecule has 0 heterocycles. The van der Waals surface area contributed by atoms with Crippen molar-refractivity contribution < 1.29 is 0 Å². The van der Waals surface area contributed by atoms with Gasteiger partial charge in [-0.25, -0.2) is 0 Å². The molecule has 1 atom stereocenters. The number of hydrogen-bond donors (Lipinski definition) is 1. The summed E-state index contributed by atoms with van der Waals surface area (Å²) in [6.45, 7) is 3.75. The van der Waals surface area contributed by atoms with Gasteiger partial charge >= 0.3 is 0 Å². The van der Waals surface area contributed by atoms with E-state index in [4.69, 9.17) is 23.2 Å². The Hall–Kier alpha value is -0.500. The lowest BCUT2D eigenvalue weighted by Crippen LogP contribution is -2.27. The highest BCUT2D eigenvalue weighted by Gasteiger charge is 2.08. The highest BCUT2D eigenvalue weighted by molar-refractivity contribution is 6.42. The third-order valence-corrected chi connectivity index (χ3v) is 4.07. The predicted molar refractivity (Wildman–Crippen MR) is 86.3 cm³/mol. The van der Waals surface area contributed by atoms with Crippen LogP contribution in [0.25, 0.3) is 0 Å². The predicted octanol–water partition coefficient (Wildman–Crippen LogP) is 5.26. The van der Waals surface area contributed by atoms with Crippen molar-refractivity contribution in [1.82, 2.24) is 5.32 Å². The van der Waals surface area contributed by atoms with E-state index >= 15 is 0 Å². The quantitative estimate of drug-likeness (QED) is 0.484. The molecule has 0 aliphatic heterocycles. The molecule has 0 amide bonds. The zero-order valence-corrected chi connectivity index (χ0v) is 13.1. The van der Waals surface area contributed by atoms with Crippen LogP contribution in [0.5, 0.6) is 0 Å². The first kappa shape index (κ1) is 16.6. The van der Waals surface area contributed by atoms with Gasteiger partial charge in [0.25, 0.3) is 0 Å². The Morgan fingerprint density at radius 1 is 1.21 bits per heavy atom. The van der Waals surface area contributed by atoms with Crippen LogP contribution in [0.15, 0.2) is 30.9 Å². The first-order valence-electron chi connectivity index (χ1n) is 6.89. The Kier molecular flexibility index (Phi) is 8.20. The van der Waals surface area contributed by atoms with Crippen LogP contribution < -0.4 is 5.32 Å². The second-order valence-corrected chi connectivity index (χ2v) is 5.68. The van der Waals surface area contributed by atoms with Crippen molar-refractivity contribution in [1.29, 1.82) is 0 Å². The summed E-state index contributed by atoms with van der Waals surface area (Å²) >= 11 is 12.0.